The lowest BCUT2D eigenvalue weighted by Crippen LogP contribution is -2.53. The Kier molecular flexibility index (Phi) is 6.29. The number of furan rings is 1. The standard InChI is InChI=1S/C21H27N3O3/c1-3-23(4-2)12-11-22-20(25)18-14-16-8-5-6-9-17(16)15-24(18)21(26)19-10-7-13-27-19/h5-10,13,18H,3-4,11-12,14-15H2,1-2H3,(H,22,25). The van der Waals surface area contributed by atoms with E-state index in [2.05, 4.69) is 24.1 Å². The Morgan fingerprint density at radius 2 is 1.89 bits per heavy atom. The number of carbonyl (C=O) groups is 2. The third kappa shape index (κ3) is 4.39. The van der Waals surface area contributed by atoms with Gasteiger partial charge in [0.05, 0.1) is 6.26 Å². The number of carbonyl (C=O) groups excluding carboxylic acids is 2. The van der Waals surface area contributed by atoms with Gasteiger partial charge in [0.1, 0.15) is 6.04 Å². The Balaban J connectivity index is 1.75. The van der Waals surface area contributed by atoms with Gasteiger partial charge in [-0.05, 0) is 36.3 Å². The third-order valence-corrected chi connectivity index (χ3v) is 5.17. The van der Waals surface area contributed by atoms with Crippen molar-refractivity contribution in [1.82, 2.24) is 15.1 Å². The van der Waals surface area contributed by atoms with E-state index >= 15 is 0 Å². The van der Waals surface area contributed by atoms with Crippen LogP contribution in [-0.2, 0) is 17.8 Å². The Hall–Kier alpha value is -2.60. The predicted octanol–water partition coefficient (Wildman–Crippen LogP) is 2.30. The maximum Gasteiger partial charge on any atom is 0.290 e. The Morgan fingerprint density at radius 1 is 1.15 bits per heavy atom. The quantitative estimate of drug-likeness (QED) is 0.813. The molecule has 0 spiro atoms. The molecular weight excluding hydrogens is 342 g/mol. The van der Waals surface area contributed by atoms with Gasteiger partial charge in [0.15, 0.2) is 5.76 Å². The average Bonchev–Trinajstić information content (AvgIpc) is 3.24. The van der Waals surface area contributed by atoms with Gasteiger partial charge in [0, 0.05) is 26.1 Å². The van der Waals surface area contributed by atoms with Crippen LogP contribution in [0.25, 0.3) is 0 Å². The van der Waals surface area contributed by atoms with Gasteiger partial charge in [0.25, 0.3) is 5.91 Å². The fraction of sp³-hybridized carbons (Fsp3) is 0.429. The third-order valence-electron chi connectivity index (χ3n) is 5.17. The Morgan fingerprint density at radius 3 is 2.56 bits per heavy atom. The number of hydrogen-bond donors (Lipinski definition) is 1. The molecule has 0 aliphatic carbocycles. The van der Waals surface area contributed by atoms with Crippen LogP contribution in [0.15, 0.2) is 47.1 Å². The van der Waals surface area contributed by atoms with E-state index in [1.165, 1.54) is 6.26 Å². The molecule has 6 nitrogen and oxygen atoms in total. The number of hydrogen-bond acceptors (Lipinski definition) is 4. The van der Waals surface area contributed by atoms with E-state index in [-0.39, 0.29) is 17.6 Å². The molecule has 1 atom stereocenters. The molecule has 0 saturated heterocycles. The van der Waals surface area contributed by atoms with Crippen LogP contribution in [0.4, 0.5) is 0 Å². The van der Waals surface area contributed by atoms with Crippen LogP contribution in [-0.4, -0.2) is 53.8 Å². The highest BCUT2D eigenvalue weighted by molar-refractivity contribution is 5.96. The van der Waals surface area contributed by atoms with Crippen LogP contribution in [0.1, 0.15) is 35.5 Å². The normalized spacial score (nSPS) is 16.3. The van der Waals surface area contributed by atoms with Gasteiger partial charge in [-0.25, -0.2) is 0 Å². The first-order valence-corrected chi connectivity index (χ1v) is 9.55. The second kappa shape index (κ2) is 8.86. The lowest BCUT2D eigenvalue weighted by Gasteiger charge is -2.35. The Labute approximate surface area is 160 Å². The molecule has 1 aromatic carbocycles. The molecule has 0 saturated carbocycles. The molecule has 2 heterocycles. The van der Waals surface area contributed by atoms with Crippen molar-refractivity contribution >= 4 is 11.8 Å². The van der Waals surface area contributed by atoms with Crippen LogP contribution in [0, 0.1) is 0 Å². The van der Waals surface area contributed by atoms with E-state index in [1.807, 2.05) is 24.3 Å². The van der Waals surface area contributed by atoms with Crippen molar-refractivity contribution in [2.24, 2.45) is 0 Å². The smallest absolute Gasteiger partial charge is 0.290 e. The highest BCUT2D eigenvalue weighted by Crippen LogP contribution is 2.25. The molecule has 1 N–H and O–H groups in total. The van der Waals surface area contributed by atoms with Crippen LogP contribution in [0.3, 0.4) is 0 Å². The topological polar surface area (TPSA) is 65.8 Å². The first-order chi connectivity index (χ1) is 13.1. The maximum absolute atomic E-state index is 12.9. The minimum atomic E-state index is -0.533. The van der Waals surface area contributed by atoms with Crippen LogP contribution < -0.4 is 5.32 Å². The van der Waals surface area contributed by atoms with Gasteiger partial charge in [-0.1, -0.05) is 38.1 Å². The van der Waals surface area contributed by atoms with Gasteiger partial charge < -0.3 is 19.5 Å². The van der Waals surface area contributed by atoms with Gasteiger partial charge in [-0.15, -0.1) is 0 Å². The van der Waals surface area contributed by atoms with E-state index in [4.69, 9.17) is 4.42 Å². The highest BCUT2D eigenvalue weighted by atomic mass is 16.3. The Bertz CT molecular complexity index is 769. The zero-order valence-corrected chi connectivity index (χ0v) is 16.0. The fourth-order valence-electron chi connectivity index (χ4n) is 3.51. The number of nitrogens with one attached hydrogen (secondary N) is 1. The summed E-state index contributed by atoms with van der Waals surface area (Å²) in [6, 6.07) is 10.8. The summed E-state index contributed by atoms with van der Waals surface area (Å²) < 4.78 is 5.28. The average molecular weight is 369 g/mol. The molecule has 144 valence electrons. The minimum Gasteiger partial charge on any atom is -0.459 e. The number of likely N-dealkylation sites (N-methyl/N-ethyl adjacent to an activating group) is 1. The maximum atomic E-state index is 12.9. The summed E-state index contributed by atoms with van der Waals surface area (Å²) >= 11 is 0. The summed E-state index contributed by atoms with van der Waals surface area (Å²) in [5.74, 6) is -0.106. The molecular formula is C21H27N3O3. The van der Waals surface area contributed by atoms with Crippen LogP contribution in [0.5, 0.6) is 0 Å². The van der Waals surface area contributed by atoms with E-state index < -0.39 is 6.04 Å². The van der Waals surface area contributed by atoms with E-state index in [1.54, 1.807) is 17.0 Å². The largest absolute Gasteiger partial charge is 0.459 e. The second-order valence-electron chi connectivity index (χ2n) is 6.72. The molecule has 2 amide bonds. The second-order valence-corrected chi connectivity index (χ2v) is 6.72. The fourth-order valence-corrected chi connectivity index (χ4v) is 3.51. The molecule has 3 rings (SSSR count). The summed E-state index contributed by atoms with van der Waals surface area (Å²) in [6.07, 6.45) is 1.99. The summed E-state index contributed by atoms with van der Waals surface area (Å²) in [5.41, 5.74) is 2.19. The lowest BCUT2D eigenvalue weighted by molar-refractivity contribution is -0.126. The van der Waals surface area contributed by atoms with Crippen molar-refractivity contribution in [2.45, 2.75) is 32.9 Å². The van der Waals surface area contributed by atoms with Crippen molar-refractivity contribution in [3.63, 3.8) is 0 Å². The van der Waals surface area contributed by atoms with Crippen molar-refractivity contribution in [3.8, 4) is 0 Å². The molecule has 1 aliphatic heterocycles. The summed E-state index contributed by atoms with van der Waals surface area (Å²) in [5, 5.41) is 3.01. The van der Waals surface area contributed by atoms with Crippen molar-refractivity contribution in [2.75, 3.05) is 26.2 Å². The summed E-state index contributed by atoms with van der Waals surface area (Å²) in [4.78, 5) is 29.7. The van der Waals surface area contributed by atoms with Crippen molar-refractivity contribution in [3.05, 3.63) is 59.5 Å². The SMILES string of the molecule is CCN(CC)CCNC(=O)C1Cc2ccccc2CN1C(=O)c1ccco1. The summed E-state index contributed by atoms with van der Waals surface area (Å²) in [7, 11) is 0. The molecule has 1 unspecified atom stereocenters. The molecule has 1 aromatic heterocycles. The zero-order chi connectivity index (χ0) is 19.2. The monoisotopic (exact) mass is 369 g/mol. The van der Waals surface area contributed by atoms with Gasteiger partial charge in [-0.2, -0.15) is 0 Å². The predicted molar refractivity (Wildman–Crippen MR) is 103 cm³/mol. The van der Waals surface area contributed by atoms with Gasteiger partial charge in [-0.3, -0.25) is 9.59 Å². The minimum absolute atomic E-state index is 0.114. The number of benzene rings is 1. The molecule has 6 heteroatoms. The number of nitrogens with zero attached hydrogens (tertiary/aromatic N) is 2. The van der Waals surface area contributed by atoms with E-state index in [0.29, 0.717) is 19.5 Å². The van der Waals surface area contributed by atoms with Crippen molar-refractivity contribution in [1.29, 1.82) is 0 Å². The number of amides is 2. The molecule has 0 radical (unpaired) electrons. The van der Waals surface area contributed by atoms with Gasteiger partial charge >= 0.3 is 0 Å². The first kappa shape index (κ1) is 19.2. The molecule has 0 fully saturated rings. The molecule has 2 aromatic rings. The number of fused-ring (bicyclic) bond motifs is 1. The highest BCUT2D eigenvalue weighted by Gasteiger charge is 2.35. The van der Waals surface area contributed by atoms with Crippen LogP contribution >= 0.6 is 0 Å². The first-order valence-electron chi connectivity index (χ1n) is 9.55. The van der Waals surface area contributed by atoms with E-state index in [0.717, 1.165) is 30.8 Å². The van der Waals surface area contributed by atoms with Gasteiger partial charge in [0.2, 0.25) is 5.91 Å². The van der Waals surface area contributed by atoms with Crippen molar-refractivity contribution < 1.29 is 14.0 Å². The molecule has 27 heavy (non-hydrogen) atoms. The molecule has 1 aliphatic rings. The lowest BCUT2D eigenvalue weighted by atomic mass is 9.93. The summed E-state index contributed by atoms with van der Waals surface area (Å²) in [6.45, 7) is 7.89. The molecule has 0 bridgehead atoms. The number of rotatable bonds is 7. The zero-order valence-electron chi connectivity index (χ0n) is 16.0. The van der Waals surface area contributed by atoms with E-state index in [9.17, 15) is 9.59 Å². The van der Waals surface area contributed by atoms with Crippen LogP contribution in [0.2, 0.25) is 0 Å².